The van der Waals surface area contributed by atoms with Gasteiger partial charge in [-0.15, -0.1) is 16.4 Å². The molecule has 5 nitrogen and oxygen atoms in total. The van der Waals surface area contributed by atoms with Gasteiger partial charge in [0.25, 0.3) is 0 Å². The van der Waals surface area contributed by atoms with Crippen molar-refractivity contribution in [1.82, 2.24) is 20.2 Å². The Hall–Kier alpha value is -0.920. The summed E-state index contributed by atoms with van der Waals surface area (Å²) in [5.41, 5.74) is 5.83. The second-order valence-electron chi connectivity index (χ2n) is 3.99. The lowest BCUT2D eigenvalue weighted by molar-refractivity contribution is 0.564. The van der Waals surface area contributed by atoms with Crippen LogP contribution in [0.25, 0.3) is 0 Å². The van der Waals surface area contributed by atoms with Crippen molar-refractivity contribution in [2.24, 2.45) is 5.73 Å². The zero-order chi connectivity index (χ0) is 11.7. The van der Waals surface area contributed by atoms with E-state index in [4.69, 9.17) is 5.73 Å². The van der Waals surface area contributed by atoms with Crippen LogP contribution in [0.2, 0.25) is 0 Å². The number of thioether (sulfide) groups is 1. The van der Waals surface area contributed by atoms with Gasteiger partial charge in [-0.05, 0) is 34.7 Å². The first kappa shape index (κ1) is 11.2. The van der Waals surface area contributed by atoms with Crippen LogP contribution in [0.5, 0.6) is 0 Å². The molecule has 2 aromatic rings. The molecule has 0 bridgehead atoms. The first-order valence-corrected chi connectivity index (χ1v) is 7.32. The molecule has 2 heterocycles. The molecule has 0 aliphatic heterocycles. The fourth-order valence-corrected chi connectivity index (χ4v) is 3.59. The highest BCUT2D eigenvalue weighted by Gasteiger charge is 2.29. The van der Waals surface area contributed by atoms with E-state index in [9.17, 15) is 0 Å². The van der Waals surface area contributed by atoms with Gasteiger partial charge in [-0.3, -0.25) is 0 Å². The summed E-state index contributed by atoms with van der Waals surface area (Å²) in [5, 5.41) is 15.1. The molecule has 0 amide bonds. The number of rotatable bonds is 5. The summed E-state index contributed by atoms with van der Waals surface area (Å²) >= 11 is 3.39. The monoisotopic (exact) mass is 267 g/mol. The highest BCUT2D eigenvalue weighted by atomic mass is 32.2. The summed E-state index contributed by atoms with van der Waals surface area (Å²) in [6.07, 6.45) is 2.37. The van der Waals surface area contributed by atoms with Crippen LogP contribution in [0.1, 0.15) is 29.0 Å². The molecule has 1 aliphatic rings. The van der Waals surface area contributed by atoms with Crippen molar-refractivity contribution in [2.75, 3.05) is 6.54 Å². The number of thiophene rings is 1. The van der Waals surface area contributed by atoms with E-state index in [0.717, 1.165) is 5.16 Å². The van der Waals surface area contributed by atoms with Crippen molar-refractivity contribution >= 4 is 23.1 Å². The molecule has 0 saturated heterocycles. The summed E-state index contributed by atoms with van der Waals surface area (Å²) in [6, 6.07) is 4.67. The van der Waals surface area contributed by atoms with Crippen molar-refractivity contribution < 1.29 is 0 Å². The SMILES string of the molecule is NCC(Sc1nnnn1C1CC1)c1cccs1. The molecular formula is C10H13N5S2. The van der Waals surface area contributed by atoms with E-state index in [2.05, 4.69) is 27.0 Å². The molecule has 2 aromatic heterocycles. The lowest BCUT2D eigenvalue weighted by Crippen LogP contribution is -2.09. The van der Waals surface area contributed by atoms with Crippen molar-refractivity contribution in [1.29, 1.82) is 0 Å². The van der Waals surface area contributed by atoms with Crippen molar-refractivity contribution in [3.05, 3.63) is 22.4 Å². The molecule has 1 fully saturated rings. The van der Waals surface area contributed by atoms with Gasteiger partial charge in [-0.2, -0.15) is 0 Å². The van der Waals surface area contributed by atoms with Crippen LogP contribution in [-0.2, 0) is 0 Å². The third-order valence-electron chi connectivity index (χ3n) is 2.68. The molecule has 0 aromatic carbocycles. The predicted molar refractivity (Wildman–Crippen MR) is 68.1 cm³/mol. The standard InChI is InChI=1S/C10H13N5S2/c11-6-9(8-2-1-5-16-8)17-10-12-13-14-15(10)7-3-4-7/h1-2,5,7,9H,3-4,6,11H2. The number of hydrogen-bond acceptors (Lipinski definition) is 6. The predicted octanol–water partition coefficient (Wildman–Crippen LogP) is 1.86. The van der Waals surface area contributed by atoms with E-state index in [1.54, 1.807) is 23.1 Å². The zero-order valence-corrected chi connectivity index (χ0v) is 10.8. The molecule has 0 spiro atoms. The lowest BCUT2D eigenvalue weighted by atomic mass is 10.3. The molecule has 3 rings (SSSR count). The van der Waals surface area contributed by atoms with Gasteiger partial charge < -0.3 is 5.73 Å². The summed E-state index contributed by atoms with van der Waals surface area (Å²) in [6.45, 7) is 0.600. The number of tetrazole rings is 1. The average molecular weight is 267 g/mol. The smallest absolute Gasteiger partial charge is 0.210 e. The first-order valence-electron chi connectivity index (χ1n) is 5.56. The molecule has 2 N–H and O–H groups in total. The Kier molecular flexibility index (Phi) is 3.13. The number of nitrogens with zero attached hydrogens (tertiary/aromatic N) is 4. The second-order valence-corrected chi connectivity index (χ2v) is 6.14. The van der Waals surface area contributed by atoms with Crippen LogP contribution in [0.3, 0.4) is 0 Å². The van der Waals surface area contributed by atoms with E-state index in [1.165, 1.54) is 17.7 Å². The molecule has 0 radical (unpaired) electrons. The summed E-state index contributed by atoms with van der Waals surface area (Å²) in [7, 11) is 0. The van der Waals surface area contributed by atoms with Crippen LogP contribution in [0, 0.1) is 0 Å². The highest BCUT2D eigenvalue weighted by Crippen LogP contribution is 2.40. The van der Waals surface area contributed by atoms with E-state index in [0.29, 0.717) is 12.6 Å². The Morgan fingerprint density at radius 2 is 2.47 bits per heavy atom. The molecule has 1 saturated carbocycles. The summed E-state index contributed by atoms with van der Waals surface area (Å²) in [4.78, 5) is 1.28. The number of aromatic nitrogens is 4. The van der Waals surface area contributed by atoms with Gasteiger partial charge in [0.15, 0.2) is 0 Å². The minimum Gasteiger partial charge on any atom is -0.329 e. The third-order valence-corrected chi connectivity index (χ3v) is 5.02. The van der Waals surface area contributed by atoms with Crippen LogP contribution >= 0.6 is 23.1 Å². The molecule has 7 heteroatoms. The number of nitrogens with two attached hydrogens (primary N) is 1. The van der Waals surface area contributed by atoms with Crippen LogP contribution < -0.4 is 5.73 Å². The molecular weight excluding hydrogens is 254 g/mol. The van der Waals surface area contributed by atoms with E-state index in [-0.39, 0.29) is 5.25 Å². The maximum atomic E-state index is 5.83. The first-order chi connectivity index (χ1) is 8.38. The molecule has 1 unspecified atom stereocenters. The minimum absolute atomic E-state index is 0.249. The minimum atomic E-state index is 0.249. The fourth-order valence-electron chi connectivity index (χ4n) is 1.64. The van der Waals surface area contributed by atoms with Crippen molar-refractivity contribution in [3.63, 3.8) is 0 Å². The maximum absolute atomic E-state index is 5.83. The normalized spacial score (nSPS) is 17.2. The largest absolute Gasteiger partial charge is 0.329 e. The number of hydrogen-bond donors (Lipinski definition) is 1. The fraction of sp³-hybridized carbons (Fsp3) is 0.500. The topological polar surface area (TPSA) is 69.6 Å². The van der Waals surface area contributed by atoms with Gasteiger partial charge in [0.1, 0.15) is 0 Å². The van der Waals surface area contributed by atoms with Crippen molar-refractivity contribution in [3.8, 4) is 0 Å². The summed E-state index contributed by atoms with van der Waals surface area (Å²) in [5.74, 6) is 0. The van der Waals surface area contributed by atoms with Crippen LogP contribution in [0.4, 0.5) is 0 Å². The van der Waals surface area contributed by atoms with E-state index < -0.39 is 0 Å². The van der Waals surface area contributed by atoms with Gasteiger partial charge in [0, 0.05) is 11.4 Å². The molecule has 90 valence electrons. The van der Waals surface area contributed by atoms with E-state index >= 15 is 0 Å². The molecule has 1 aliphatic carbocycles. The van der Waals surface area contributed by atoms with Gasteiger partial charge in [0.2, 0.25) is 5.16 Å². The van der Waals surface area contributed by atoms with Gasteiger partial charge in [-0.25, -0.2) is 4.68 Å². The zero-order valence-electron chi connectivity index (χ0n) is 9.19. The maximum Gasteiger partial charge on any atom is 0.210 e. The highest BCUT2D eigenvalue weighted by molar-refractivity contribution is 7.99. The van der Waals surface area contributed by atoms with Gasteiger partial charge >= 0.3 is 0 Å². The third kappa shape index (κ3) is 2.36. The Balaban J connectivity index is 1.78. The van der Waals surface area contributed by atoms with E-state index in [1.807, 2.05) is 10.7 Å². The van der Waals surface area contributed by atoms with Crippen LogP contribution in [-0.4, -0.2) is 26.8 Å². The van der Waals surface area contributed by atoms with Crippen molar-refractivity contribution in [2.45, 2.75) is 29.3 Å². The van der Waals surface area contributed by atoms with Crippen LogP contribution in [0.15, 0.2) is 22.7 Å². The molecule has 1 atom stereocenters. The average Bonchev–Trinajstić information content (AvgIpc) is 2.88. The Morgan fingerprint density at radius 1 is 1.59 bits per heavy atom. The Labute approximate surface area is 107 Å². The molecule has 17 heavy (non-hydrogen) atoms. The lowest BCUT2D eigenvalue weighted by Gasteiger charge is -2.11. The Bertz CT molecular complexity index is 477. The Morgan fingerprint density at radius 3 is 3.12 bits per heavy atom. The van der Waals surface area contributed by atoms with Gasteiger partial charge in [-0.1, -0.05) is 17.8 Å². The van der Waals surface area contributed by atoms with Gasteiger partial charge in [0.05, 0.1) is 11.3 Å². The second kappa shape index (κ2) is 4.75. The quantitative estimate of drug-likeness (QED) is 0.837. The summed E-state index contributed by atoms with van der Waals surface area (Å²) < 4.78 is 1.93.